The number of aliphatic hydroxyl groups excluding tert-OH is 1. The third-order valence-electron chi connectivity index (χ3n) is 7.14. The molecule has 0 radical (unpaired) electrons. The summed E-state index contributed by atoms with van der Waals surface area (Å²) in [6.45, 7) is 9.95. The van der Waals surface area contributed by atoms with Crippen molar-refractivity contribution in [3.05, 3.63) is 70.8 Å². The van der Waals surface area contributed by atoms with E-state index in [4.69, 9.17) is 14.2 Å². The fourth-order valence-electron chi connectivity index (χ4n) is 5.17. The molecule has 2 aliphatic rings. The van der Waals surface area contributed by atoms with E-state index in [2.05, 4.69) is 15.5 Å². The van der Waals surface area contributed by atoms with Crippen molar-refractivity contribution in [2.45, 2.75) is 90.2 Å². The number of amides is 2. The van der Waals surface area contributed by atoms with Gasteiger partial charge in [0.2, 0.25) is 0 Å². The minimum absolute atomic E-state index is 0.0114. The maximum absolute atomic E-state index is 12.9. The van der Waals surface area contributed by atoms with Gasteiger partial charge in [0.25, 0.3) is 0 Å². The number of carbonyl (C=O) groups excluding carboxylic acids is 2. The molecule has 9 heteroatoms. The molecule has 0 aliphatic carbocycles. The first-order valence-electron chi connectivity index (χ1n) is 14.2. The number of likely N-dealkylation sites (tertiary alicyclic amines) is 1. The van der Waals surface area contributed by atoms with Crippen LogP contribution in [-0.2, 0) is 32.2 Å². The lowest BCUT2D eigenvalue weighted by Crippen LogP contribution is -2.45. The Morgan fingerprint density at radius 1 is 1.00 bits per heavy atom. The van der Waals surface area contributed by atoms with Crippen molar-refractivity contribution in [2.75, 3.05) is 19.6 Å². The van der Waals surface area contributed by atoms with Gasteiger partial charge in [-0.2, -0.15) is 0 Å². The first-order valence-corrected chi connectivity index (χ1v) is 14.2. The number of aliphatic hydroxyl groups is 1. The van der Waals surface area contributed by atoms with Gasteiger partial charge in [0.05, 0.1) is 18.8 Å². The quantitative estimate of drug-likeness (QED) is 0.396. The lowest BCUT2D eigenvalue weighted by molar-refractivity contribution is -0.253. The second kappa shape index (κ2) is 13.6. The molecular weight excluding hydrogens is 510 g/mol. The van der Waals surface area contributed by atoms with Crippen LogP contribution < -0.4 is 10.6 Å². The van der Waals surface area contributed by atoms with E-state index in [9.17, 15) is 14.7 Å². The van der Waals surface area contributed by atoms with Crippen molar-refractivity contribution in [1.82, 2.24) is 15.5 Å². The zero-order chi connectivity index (χ0) is 28.7. The molecule has 4 rings (SSSR count). The summed E-state index contributed by atoms with van der Waals surface area (Å²) in [5, 5.41) is 15.0. The van der Waals surface area contributed by atoms with Crippen LogP contribution in [0.25, 0.3) is 0 Å². The van der Waals surface area contributed by atoms with Crippen LogP contribution in [0.15, 0.2) is 48.5 Å². The van der Waals surface area contributed by atoms with Crippen molar-refractivity contribution < 1.29 is 28.9 Å². The number of nitrogens with zero attached hydrogens (tertiary/aromatic N) is 1. The highest BCUT2D eigenvalue weighted by Crippen LogP contribution is 2.39. The average Bonchev–Trinajstić information content (AvgIpc) is 3.39. The molecule has 2 aromatic carbocycles. The van der Waals surface area contributed by atoms with Gasteiger partial charge in [0, 0.05) is 31.6 Å². The van der Waals surface area contributed by atoms with E-state index in [1.807, 2.05) is 76.2 Å². The molecule has 4 unspecified atom stereocenters. The molecular formula is C31H43N3O6. The Morgan fingerprint density at radius 2 is 1.68 bits per heavy atom. The van der Waals surface area contributed by atoms with Crippen LogP contribution in [0.3, 0.4) is 0 Å². The van der Waals surface area contributed by atoms with Gasteiger partial charge in [-0.05, 0) is 63.8 Å². The molecule has 2 amide bonds. The van der Waals surface area contributed by atoms with Crippen LogP contribution in [-0.4, -0.2) is 59.4 Å². The largest absolute Gasteiger partial charge is 0.459 e. The predicted octanol–water partition coefficient (Wildman–Crippen LogP) is 4.35. The zero-order valence-corrected chi connectivity index (χ0v) is 24.0. The number of ether oxygens (including phenoxy) is 3. The van der Waals surface area contributed by atoms with Crippen molar-refractivity contribution in [1.29, 1.82) is 0 Å². The maximum Gasteiger partial charge on any atom is 0.323 e. The number of hydrogen-bond donors (Lipinski definition) is 3. The minimum Gasteiger partial charge on any atom is -0.459 e. The molecule has 4 atom stereocenters. The minimum atomic E-state index is -0.589. The Labute approximate surface area is 237 Å². The number of urea groups is 1. The van der Waals surface area contributed by atoms with Crippen molar-refractivity contribution in [3.63, 3.8) is 0 Å². The number of carbonyl (C=O) groups is 2. The molecule has 3 N–H and O–H groups in total. The molecule has 0 spiro atoms. The van der Waals surface area contributed by atoms with E-state index in [0.29, 0.717) is 26.1 Å². The summed E-state index contributed by atoms with van der Waals surface area (Å²) in [5.74, 6) is -0.179. The molecule has 2 aromatic rings. The summed E-state index contributed by atoms with van der Waals surface area (Å²) in [5.41, 5.74) is 3.18. The van der Waals surface area contributed by atoms with Crippen LogP contribution >= 0.6 is 0 Å². The van der Waals surface area contributed by atoms with Gasteiger partial charge in [-0.15, -0.1) is 0 Å². The van der Waals surface area contributed by atoms with Crippen LogP contribution in [0.4, 0.5) is 4.79 Å². The van der Waals surface area contributed by atoms with Gasteiger partial charge in [-0.1, -0.05) is 48.5 Å². The molecule has 218 valence electrons. The first-order chi connectivity index (χ1) is 19.1. The van der Waals surface area contributed by atoms with Gasteiger partial charge in [-0.25, -0.2) is 4.79 Å². The Bertz CT molecular complexity index is 1120. The molecule has 2 heterocycles. The van der Waals surface area contributed by atoms with Gasteiger partial charge in [0.1, 0.15) is 11.6 Å². The van der Waals surface area contributed by atoms with Crippen LogP contribution in [0.1, 0.15) is 81.6 Å². The summed E-state index contributed by atoms with van der Waals surface area (Å²) < 4.78 is 18.7. The number of hydrogen-bond acceptors (Lipinski definition) is 7. The molecule has 0 saturated carbocycles. The Hall–Kier alpha value is -2.98. The lowest BCUT2D eigenvalue weighted by Gasteiger charge is -2.38. The number of benzene rings is 2. The second-order valence-electron chi connectivity index (χ2n) is 11.5. The van der Waals surface area contributed by atoms with Crippen LogP contribution in [0.5, 0.6) is 0 Å². The number of esters is 1. The van der Waals surface area contributed by atoms with E-state index in [1.54, 1.807) is 0 Å². The Balaban J connectivity index is 1.49. The van der Waals surface area contributed by atoms with E-state index in [-0.39, 0.29) is 36.9 Å². The highest BCUT2D eigenvalue weighted by molar-refractivity contribution is 5.76. The van der Waals surface area contributed by atoms with Crippen molar-refractivity contribution >= 4 is 12.0 Å². The highest BCUT2D eigenvalue weighted by atomic mass is 16.7. The molecule has 0 bridgehead atoms. The third-order valence-corrected chi connectivity index (χ3v) is 7.14. The van der Waals surface area contributed by atoms with E-state index >= 15 is 0 Å². The monoisotopic (exact) mass is 553 g/mol. The lowest BCUT2D eigenvalue weighted by atomic mass is 9.99. The van der Waals surface area contributed by atoms with E-state index in [1.165, 1.54) is 0 Å². The first kappa shape index (κ1) is 30.0. The van der Waals surface area contributed by atoms with E-state index < -0.39 is 11.9 Å². The summed E-state index contributed by atoms with van der Waals surface area (Å²) in [6.07, 6.45) is 1.39. The topological polar surface area (TPSA) is 109 Å². The molecule has 9 nitrogen and oxygen atoms in total. The Kier molecular flexibility index (Phi) is 10.2. The fourth-order valence-corrected chi connectivity index (χ4v) is 5.17. The summed E-state index contributed by atoms with van der Waals surface area (Å²) in [7, 11) is 0. The summed E-state index contributed by atoms with van der Waals surface area (Å²) in [4.78, 5) is 26.9. The third kappa shape index (κ3) is 8.27. The summed E-state index contributed by atoms with van der Waals surface area (Å²) in [6, 6.07) is 15.2. The Morgan fingerprint density at radius 3 is 2.33 bits per heavy atom. The normalized spacial score (nSPS) is 23.5. The molecule has 2 saturated heterocycles. The predicted molar refractivity (Wildman–Crippen MR) is 151 cm³/mol. The van der Waals surface area contributed by atoms with Crippen LogP contribution in [0, 0.1) is 0 Å². The average molecular weight is 554 g/mol. The number of rotatable bonds is 9. The molecule has 2 aliphatic heterocycles. The summed E-state index contributed by atoms with van der Waals surface area (Å²) >= 11 is 0. The maximum atomic E-state index is 12.9. The van der Waals surface area contributed by atoms with Gasteiger partial charge < -0.3 is 30.0 Å². The zero-order valence-electron chi connectivity index (χ0n) is 24.0. The van der Waals surface area contributed by atoms with Crippen molar-refractivity contribution in [3.8, 4) is 0 Å². The highest BCUT2D eigenvalue weighted by Gasteiger charge is 2.38. The van der Waals surface area contributed by atoms with Gasteiger partial charge in [-0.3, -0.25) is 9.69 Å². The van der Waals surface area contributed by atoms with Crippen LogP contribution in [0.2, 0.25) is 0 Å². The SMILES string of the molecule is CCNC(=O)NCc1ccc(C2OC(CN3CCCC3C(=O)OC(C)(C)C)CC(c3ccc(CO)cc3)O2)cc1. The number of nitrogens with one attached hydrogen (secondary N) is 2. The molecule has 0 aromatic heterocycles. The van der Waals surface area contributed by atoms with Gasteiger partial charge >= 0.3 is 12.0 Å². The standard InChI is InChI=1S/C31H43N3O6/c1-5-32-30(37)33-18-21-8-14-24(15-9-21)29-38-25(17-27(39-29)23-12-10-22(20-35)11-13-23)19-34-16-6-7-26(34)28(36)40-31(2,3)4/h8-15,25-27,29,35H,5-7,16-20H2,1-4H3,(H2,32,33,37). The second-order valence-corrected chi connectivity index (χ2v) is 11.5. The van der Waals surface area contributed by atoms with E-state index in [0.717, 1.165) is 41.6 Å². The molecule has 40 heavy (non-hydrogen) atoms. The van der Waals surface area contributed by atoms with Gasteiger partial charge in [0.15, 0.2) is 6.29 Å². The smallest absolute Gasteiger partial charge is 0.323 e. The molecule has 2 fully saturated rings. The fraction of sp³-hybridized carbons (Fsp3) is 0.548. The van der Waals surface area contributed by atoms with Crippen molar-refractivity contribution in [2.24, 2.45) is 0 Å².